The molecule has 0 saturated carbocycles. The van der Waals surface area contributed by atoms with E-state index in [0.717, 1.165) is 10.9 Å². The molecule has 0 radical (unpaired) electrons. The van der Waals surface area contributed by atoms with E-state index in [0.29, 0.717) is 19.1 Å². The van der Waals surface area contributed by atoms with Crippen LogP contribution in [-0.4, -0.2) is 24.3 Å². The smallest absolute Gasteiger partial charge is 0.214 e. The van der Waals surface area contributed by atoms with Crippen molar-refractivity contribution in [2.75, 3.05) is 13.2 Å². The van der Waals surface area contributed by atoms with Gasteiger partial charge in [0.25, 0.3) is 0 Å². The molecule has 1 saturated heterocycles. The number of aromatic nitrogens is 1. The van der Waals surface area contributed by atoms with Gasteiger partial charge in [0.05, 0.1) is 18.7 Å². The molecular formula is C12H11NO2. The van der Waals surface area contributed by atoms with Crippen LogP contribution in [0.1, 0.15) is 0 Å². The topological polar surface area (TPSA) is 31.4 Å². The molecule has 2 aromatic rings. The molecule has 1 aromatic heterocycles. The van der Waals surface area contributed by atoms with Crippen LogP contribution in [0.5, 0.6) is 5.88 Å². The number of benzene rings is 1. The van der Waals surface area contributed by atoms with Gasteiger partial charge in [0, 0.05) is 11.5 Å². The highest BCUT2D eigenvalue weighted by Gasteiger charge is 2.20. The number of rotatable bonds is 2. The van der Waals surface area contributed by atoms with Crippen LogP contribution in [0.2, 0.25) is 0 Å². The molecular weight excluding hydrogens is 190 g/mol. The summed E-state index contributed by atoms with van der Waals surface area (Å²) in [4.78, 5) is 4.42. The molecule has 0 aliphatic carbocycles. The zero-order valence-corrected chi connectivity index (χ0v) is 8.22. The fourth-order valence-corrected chi connectivity index (χ4v) is 1.57. The molecule has 0 spiro atoms. The summed E-state index contributed by atoms with van der Waals surface area (Å²) in [7, 11) is 0. The first-order valence-electron chi connectivity index (χ1n) is 5.02. The van der Waals surface area contributed by atoms with Crippen molar-refractivity contribution in [1.82, 2.24) is 4.98 Å². The lowest BCUT2D eigenvalue weighted by Gasteiger charge is -2.26. The Balaban J connectivity index is 1.91. The third-order valence-electron chi connectivity index (χ3n) is 2.47. The molecule has 1 fully saturated rings. The van der Waals surface area contributed by atoms with Gasteiger partial charge >= 0.3 is 0 Å². The first-order valence-corrected chi connectivity index (χ1v) is 5.02. The van der Waals surface area contributed by atoms with E-state index in [1.165, 1.54) is 0 Å². The summed E-state index contributed by atoms with van der Waals surface area (Å²) < 4.78 is 10.7. The van der Waals surface area contributed by atoms with Gasteiger partial charge in [-0.3, -0.25) is 0 Å². The first kappa shape index (κ1) is 8.68. The Morgan fingerprint density at radius 3 is 2.80 bits per heavy atom. The number of para-hydroxylation sites is 1. The second-order valence-corrected chi connectivity index (χ2v) is 3.62. The molecule has 1 aliphatic rings. The number of hydrogen-bond donors (Lipinski definition) is 0. The van der Waals surface area contributed by atoms with Gasteiger partial charge in [-0.05, 0) is 12.1 Å². The minimum absolute atomic E-state index is 0.179. The minimum Gasteiger partial charge on any atom is -0.469 e. The van der Waals surface area contributed by atoms with Gasteiger partial charge in [-0.1, -0.05) is 18.2 Å². The fraction of sp³-hybridized carbons (Fsp3) is 0.250. The van der Waals surface area contributed by atoms with Crippen LogP contribution in [-0.2, 0) is 4.74 Å². The molecule has 0 amide bonds. The number of ether oxygens (including phenoxy) is 2. The quantitative estimate of drug-likeness (QED) is 0.744. The Labute approximate surface area is 87.6 Å². The van der Waals surface area contributed by atoms with E-state index in [9.17, 15) is 0 Å². The Morgan fingerprint density at radius 1 is 1.13 bits per heavy atom. The van der Waals surface area contributed by atoms with Gasteiger partial charge < -0.3 is 9.47 Å². The number of nitrogens with zero attached hydrogens (tertiary/aromatic N) is 1. The summed E-state index contributed by atoms with van der Waals surface area (Å²) in [6.07, 6.45) is 0.179. The lowest BCUT2D eigenvalue weighted by atomic mass is 10.2. The van der Waals surface area contributed by atoms with Gasteiger partial charge in [-0.25, -0.2) is 4.98 Å². The summed E-state index contributed by atoms with van der Waals surface area (Å²) in [6, 6.07) is 11.9. The maximum absolute atomic E-state index is 5.62. The molecule has 3 rings (SSSR count). The second-order valence-electron chi connectivity index (χ2n) is 3.62. The van der Waals surface area contributed by atoms with Gasteiger partial charge in [0.15, 0.2) is 0 Å². The van der Waals surface area contributed by atoms with Crippen molar-refractivity contribution in [2.45, 2.75) is 6.10 Å². The molecule has 3 nitrogen and oxygen atoms in total. The maximum atomic E-state index is 5.62. The van der Waals surface area contributed by atoms with Crippen LogP contribution in [0.3, 0.4) is 0 Å². The average Bonchev–Trinajstić information content (AvgIpc) is 2.23. The molecule has 3 heteroatoms. The number of pyridine rings is 1. The van der Waals surface area contributed by atoms with Crippen LogP contribution in [0, 0.1) is 0 Å². The fourth-order valence-electron chi connectivity index (χ4n) is 1.57. The molecule has 15 heavy (non-hydrogen) atoms. The van der Waals surface area contributed by atoms with Gasteiger partial charge in [-0.2, -0.15) is 0 Å². The van der Waals surface area contributed by atoms with Gasteiger partial charge in [0.2, 0.25) is 5.88 Å². The van der Waals surface area contributed by atoms with Crippen molar-refractivity contribution in [3.63, 3.8) is 0 Å². The Kier molecular flexibility index (Phi) is 2.03. The van der Waals surface area contributed by atoms with Crippen LogP contribution in [0.4, 0.5) is 0 Å². The SMILES string of the molecule is c1ccc2nc(OC3COC3)ccc2c1. The number of hydrogen-bond acceptors (Lipinski definition) is 3. The van der Waals surface area contributed by atoms with Gasteiger partial charge in [0.1, 0.15) is 6.10 Å². The zero-order valence-electron chi connectivity index (χ0n) is 8.22. The third-order valence-corrected chi connectivity index (χ3v) is 2.47. The van der Waals surface area contributed by atoms with Crippen molar-refractivity contribution >= 4 is 10.9 Å². The van der Waals surface area contributed by atoms with Crippen LogP contribution < -0.4 is 4.74 Å². The van der Waals surface area contributed by atoms with E-state index in [-0.39, 0.29) is 6.10 Å². The van der Waals surface area contributed by atoms with Gasteiger partial charge in [-0.15, -0.1) is 0 Å². The van der Waals surface area contributed by atoms with Crippen molar-refractivity contribution in [1.29, 1.82) is 0 Å². The summed E-state index contributed by atoms with van der Waals surface area (Å²) >= 11 is 0. The predicted molar refractivity (Wildman–Crippen MR) is 57.0 cm³/mol. The lowest BCUT2D eigenvalue weighted by molar-refractivity contribution is -0.0812. The van der Waals surface area contributed by atoms with E-state index in [2.05, 4.69) is 4.98 Å². The monoisotopic (exact) mass is 201 g/mol. The van der Waals surface area contributed by atoms with Crippen LogP contribution in [0.25, 0.3) is 10.9 Å². The zero-order chi connectivity index (χ0) is 10.1. The van der Waals surface area contributed by atoms with E-state index in [4.69, 9.17) is 9.47 Å². The Bertz CT molecular complexity index is 480. The average molecular weight is 201 g/mol. The molecule has 0 atom stereocenters. The van der Waals surface area contributed by atoms with Crippen molar-refractivity contribution in [3.8, 4) is 5.88 Å². The third kappa shape index (κ3) is 1.66. The predicted octanol–water partition coefficient (Wildman–Crippen LogP) is 2.01. The van der Waals surface area contributed by atoms with E-state index in [1.807, 2.05) is 36.4 Å². The second kappa shape index (κ2) is 3.51. The van der Waals surface area contributed by atoms with Crippen molar-refractivity contribution in [2.24, 2.45) is 0 Å². The van der Waals surface area contributed by atoms with Crippen molar-refractivity contribution in [3.05, 3.63) is 36.4 Å². The van der Waals surface area contributed by atoms with Crippen LogP contribution in [0.15, 0.2) is 36.4 Å². The Hall–Kier alpha value is -1.61. The molecule has 1 aromatic carbocycles. The highest BCUT2D eigenvalue weighted by molar-refractivity contribution is 5.78. The molecule has 2 heterocycles. The van der Waals surface area contributed by atoms with Crippen LogP contribution >= 0.6 is 0 Å². The molecule has 0 unspecified atom stereocenters. The van der Waals surface area contributed by atoms with E-state index >= 15 is 0 Å². The largest absolute Gasteiger partial charge is 0.469 e. The van der Waals surface area contributed by atoms with Crippen molar-refractivity contribution < 1.29 is 9.47 Å². The molecule has 76 valence electrons. The maximum Gasteiger partial charge on any atom is 0.214 e. The summed E-state index contributed by atoms with van der Waals surface area (Å²) in [5.74, 6) is 0.682. The van der Waals surface area contributed by atoms with E-state index in [1.54, 1.807) is 0 Å². The van der Waals surface area contributed by atoms with E-state index < -0.39 is 0 Å². The summed E-state index contributed by atoms with van der Waals surface area (Å²) in [5.41, 5.74) is 0.968. The molecule has 0 bridgehead atoms. The summed E-state index contributed by atoms with van der Waals surface area (Å²) in [5, 5.41) is 1.13. The highest BCUT2D eigenvalue weighted by atomic mass is 16.6. The number of fused-ring (bicyclic) bond motifs is 1. The minimum atomic E-state index is 0.179. The molecule has 0 N–H and O–H groups in total. The first-order chi connectivity index (χ1) is 7.42. The summed E-state index contributed by atoms with van der Waals surface area (Å²) in [6.45, 7) is 1.35. The highest BCUT2D eigenvalue weighted by Crippen LogP contribution is 2.18. The lowest BCUT2D eigenvalue weighted by Crippen LogP contribution is -2.38. The standard InChI is InChI=1S/C12H11NO2/c1-2-4-11-9(3-1)5-6-12(13-11)15-10-7-14-8-10/h1-6,10H,7-8H2. The normalized spacial score (nSPS) is 16.3. The molecule has 1 aliphatic heterocycles. The Morgan fingerprint density at radius 2 is 2.00 bits per heavy atom.